The average Bonchev–Trinajstić information content (AvgIpc) is 3.22. The smallest absolute Gasteiger partial charge is 0.226 e. The van der Waals surface area contributed by atoms with E-state index >= 15 is 0 Å². The monoisotopic (exact) mass is 530 g/mol. The number of hydrogen-bond donors (Lipinski definition) is 0. The molecule has 0 radical (unpaired) electrons. The maximum Gasteiger partial charge on any atom is 0.226 e. The van der Waals surface area contributed by atoms with Crippen LogP contribution >= 0.6 is 33.9 Å². The summed E-state index contributed by atoms with van der Waals surface area (Å²) in [5.74, 6) is 0.220. The highest BCUT2D eigenvalue weighted by Gasteiger charge is 2.37. The van der Waals surface area contributed by atoms with Gasteiger partial charge in [-0.05, 0) is 71.1 Å². The third-order valence-electron chi connectivity index (χ3n) is 5.63. The van der Waals surface area contributed by atoms with Crippen molar-refractivity contribution in [1.29, 1.82) is 0 Å². The number of amides is 1. The van der Waals surface area contributed by atoms with E-state index < -0.39 is 9.84 Å². The van der Waals surface area contributed by atoms with E-state index in [1.54, 1.807) is 11.3 Å². The zero-order chi connectivity index (χ0) is 19.7. The predicted molar refractivity (Wildman–Crippen MR) is 122 cm³/mol. The maximum absolute atomic E-state index is 13.3. The quantitative estimate of drug-likeness (QED) is 0.570. The first-order chi connectivity index (χ1) is 13.4. The van der Waals surface area contributed by atoms with E-state index in [-0.39, 0.29) is 29.4 Å². The van der Waals surface area contributed by atoms with Crippen LogP contribution in [-0.2, 0) is 14.6 Å². The lowest BCUT2D eigenvalue weighted by atomic mass is 9.98. The van der Waals surface area contributed by atoms with E-state index in [9.17, 15) is 13.2 Å². The molecule has 1 unspecified atom stereocenters. The van der Waals surface area contributed by atoms with Crippen LogP contribution in [0.5, 0.6) is 0 Å². The zero-order valence-electron chi connectivity index (χ0n) is 15.5. The van der Waals surface area contributed by atoms with Crippen molar-refractivity contribution < 1.29 is 13.2 Å². The number of sulfone groups is 1. The molecule has 28 heavy (non-hydrogen) atoms. The molecule has 150 valence electrons. The molecule has 1 aromatic carbocycles. The first-order valence-electron chi connectivity index (χ1n) is 9.48. The van der Waals surface area contributed by atoms with Gasteiger partial charge in [-0.3, -0.25) is 4.79 Å². The molecule has 2 fully saturated rings. The molecule has 2 aromatic rings. The van der Waals surface area contributed by atoms with Crippen LogP contribution in [0.25, 0.3) is 0 Å². The van der Waals surface area contributed by atoms with Crippen LogP contribution in [0.4, 0.5) is 5.69 Å². The highest BCUT2D eigenvalue weighted by molar-refractivity contribution is 14.1. The molecule has 8 heteroatoms. The van der Waals surface area contributed by atoms with Crippen LogP contribution in [0.1, 0.15) is 23.8 Å². The number of benzene rings is 1. The second-order valence-electron chi connectivity index (χ2n) is 7.41. The molecule has 1 atom stereocenters. The van der Waals surface area contributed by atoms with Crippen molar-refractivity contribution >= 4 is 55.4 Å². The van der Waals surface area contributed by atoms with Crippen molar-refractivity contribution in [2.24, 2.45) is 5.92 Å². The van der Waals surface area contributed by atoms with Gasteiger partial charge in [0.25, 0.3) is 0 Å². The van der Waals surface area contributed by atoms with Gasteiger partial charge in [0.2, 0.25) is 5.91 Å². The van der Waals surface area contributed by atoms with Gasteiger partial charge in [0, 0.05) is 39.7 Å². The minimum absolute atomic E-state index is 0.0130. The molecule has 5 nitrogen and oxygen atoms in total. The number of nitrogens with zero attached hydrogens (tertiary/aromatic N) is 2. The lowest BCUT2D eigenvalue weighted by Gasteiger charge is -2.43. The molecule has 4 rings (SSSR count). The van der Waals surface area contributed by atoms with E-state index in [1.807, 2.05) is 11.0 Å². The Balaban J connectivity index is 1.54. The van der Waals surface area contributed by atoms with Crippen LogP contribution in [0.2, 0.25) is 0 Å². The Hall–Kier alpha value is -1.13. The summed E-state index contributed by atoms with van der Waals surface area (Å²) in [5.41, 5.74) is 1.18. The minimum Gasteiger partial charge on any atom is -0.367 e. The number of halogens is 1. The Labute approximate surface area is 183 Å². The molecule has 2 aliphatic rings. The zero-order valence-corrected chi connectivity index (χ0v) is 19.3. The highest BCUT2D eigenvalue weighted by atomic mass is 127. The number of hydrogen-bond acceptors (Lipinski definition) is 5. The molecule has 2 aliphatic heterocycles. The number of carbonyl (C=O) groups is 1. The molecule has 1 amide bonds. The fraction of sp³-hybridized carbons (Fsp3) is 0.450. The Morgan fingerprint density at radius 2 is 1.79 bits per heavy atom. The summed E-state index contributed by atoms with van der Waals surface area (Å²) in [4.78, 5) is 18.8. The number of rotatable bonds is 3. The first kappa shape index (κ1) is 20.2. The highest BCUT2D eigenvalue weighted by Crippen LogP contribution is 2.34. The maximum atomic E-state index is 13.3. The molecular weight excluding hydrogens is 507 g/mol. The van der Waals surface area contributed by atoms with Gasteiger partial charge < -0.3 is 9.80 Å². The molecule has 1 aromatic heterocycles. The van der Waals surface area contributed by atoms with Crippen LogP contribution in [0, 0.1) is 9.49 Å². The summed E-state index contributed by atoms with van der Waals surface area (Å²) in [5, 5.41) is 2.05. The van der Waals surface area contributed by atoms with E-state index in [1.165, 1.54) is 14.1 Å². The van der Waals surface area contributed by atoms with E-state index in [0.29, 0.717) is 19.4 Å². The number of thiophene rings is 1. The van der Waals surface area contributed by atoms with Crippen LogP contribution in [0.15, 0.2) is 41.8 Å². The van der Waals surface area contributed by atoms with E-state index in [2.05, 4.69) is 63.2 Å². The van der Waals surface area contributed by atoms with Gasteiger partial charge in [-0.2, -0.15) is 0 Å². The lowest BCUT2D eigenvalue weighted by molar-refractivity contribution is -0.138. The predicted octanol–water partition coefficient (Wildman–Crippen LogP) is 3.57. The summed E-state index contributed by atoms with van der Waals surface area (Å²) < 4.78 is 24.7. The molecule has 3 heterocycles. The molecule has 0 saturated carbocycles. The molecule has 0 aliphatic carbocycles. The van der Waals surface area contributed by atoms with Gasteiger partial charge in [-0.1, -0.05) is 6.07 Å². The summed E-state index contributed by atoms with van der Waals surface area (Å²) in [6.45, 7) is 2.22. The Morgan fingerprint density at radius 3 is 2.43 bits per heavy atom. The van der Waals surface area contributed by atoms with Gasteiger partial charge in [0.05, 0.1) is 17.5 Å². The normalized spacial score (nSPS) is 23.0. The van der Waals surface area contributed by atoms with Gasteiger partial charge in [0.15, 0.2) is 0 Å². The van der Waals surface area contributed by atoms with E-state index in [0.717, 1.165) is 13.1 Å². The Bertz CT molecular complexity index is 915. The molecule has 0 bridgehead atoms. The van der Waals surface area contributed by atoms with Gasteiger partial charge in [-0.15, -0.1) is 11.3 Å². The average molecular weight is 530 g/mol. The minimum atomic E-state index is -2.96. The van der Waals surface area contributed by atoms with E-state index in [4.69, 9.17) is 0 Å². The third-order valence-corrected chi connectivity index (χ3v) is 9.04. The number of piperazine rings is 1. The number of carbonyl (C=O) groups excluding carboxylic acids is 1. The number of anilines is 1. The van der Waals surface area contributed by atoms with Gasteiger partial charge >= 0.3 is 0 Å². The molecule has 0 N–H and O–H groups in total. The van der Waals surface area contributed by atoms with Crippen LogP contribution in [-0.4, -0.2) is 50.4 Å². The van der Waals surface area contributed by atoms with Gasteiger partial charge in [-0.25, -0.2) is 8.42 Å². The molecule has 2 saturated heterocycles. The summed E-state index contributed by atoms with van der Waals surface area (Å²) in [6, 6.07) is 12.6. The van der Waals surface area contributed by atoms with Crippen molar-refractivity contribution in [1.82, 2.24) is 4.90 Å². The second kappa shape index (κ2) is 8.31. The first-order valence-corrected chi connectivity index (χ1v) is 13.3. The molecule has 0 spiro atoms. The summed E-state index contributed by atoms with van der Waals surface area (Å²) in [6.07, 6.45) is 0.908. The van der Waals surface area contributed by atoms with Crippen molar-refractivity contribution in [3.05, 3.63) is 50.2 Å². The van der Waals surface area contributed by atoms with Crippen molar-refractivity contribution in [2.45, 2.75) is 18.9 Å². The summed E-state index contributed by atoms with van der Waals surface area (Å²) >= 11 is 3.99. The van der Waals surface area contributed by atoms with Crippen LogP contribution < -0.4 is 4.90 Å². The summed E-state index contributed by atoms with van der Waals surface area (Å²) in [7, 11) is -2.96. The van der Waals surface area contributed by atoms with Gasteiger partial charge in [0.1, 0.15) is 9.84 Å². The van der Waals surface area contributed by atoms with Crippen LogP contribution in [0.3, 0.4) is 0 Å². The fourth-order valence-electron chi connectivity index (χ4n) is 4.03. The standard InChI is InChI=1S/C20H23IN2O3S2/c21-16-3-5-17(6-4-16)22-9-10-23(18(14-22)19-2-1-11-27-19)20(24)15-7-12-28(25,26)13-8-15/h1-6,11,15,18H,7-10,12-14H2. The van der Waals surface area contributed by atoms with Crippen molar-refractivity contribution in [3.63, 3.8) is 0 Å². The SMILES string of the molecule is O=C(C1CCS(=O)(=O)CC1)N1CCN(c2ccc(I)cc2)CC1c1cccs1. The fourth-order valence-corrected chi connectivity index (χ4v) is 6.71. The second-order valence-corrected chi connectivity index (χ2v) is 11.9. The third kappa shape index (κ3) is 4.38. The topological polar surface area (TPSA) is 57.7 Å². The van der Waals surface area contributed by atoms with Crippen molar-refractivity contribution in [2.75, 3.05) is 36.0 Å². The Morgan fingerprint density at radius 1 is 1.07 bits per heavy atom. The lowest BCUT2D eigenvalue weighted by Crippen LogP contribution is -2.52. The van der Waals surface area contributed by atoms with Crippen molar-refractivity contribution in [3.8, 4) is 0 Å². The Kier molecular flexibility index (Phi) is 5.98. The molecular formula is C20H23IN2O3S2. The largest absolute Gasteiger partial charge is 0.367 e.